The summed E-state index contributed by atoms with van der Waals surface area (Å²) in [6.45, 7) is 2.70. The van der Waals surface area contributed by atoms with E-state index in [0.29, 0.717) is 29.7 Å². The molecule has 0 radical (unpaired) electrons. The molecule has 0 unspecified atom stereocenters. The van der Waals surface area contributed by atoms with Gasteiger partial charge in [-0.05, 0) is 63.3 Å². The van der Waals surface area contributed by atoms with E-state index in [9.17, 15) is 15.0 Å². The van der Waals surface area contributed by atoms with Crippen molar-refractivity contribution < 1.29 is 14.6 Å². The second-order valence-corrected chi connectivity index (χ2v) is 6.95. The van der Waals surface area contributed by atoms with E-state index in [4.69, 9.17) is 4.42 Å². The zero-order valence-corrected chi connectivity index (χ0v) is 14.3. The van der Waals surface area contributed by atoms with Crippen LogP contribution in [0.25, 0.3) is 11.0 Å². The van der Waals surface area contributed by atoms with Crippen LogP contribution in [0.15, 0.2) is 27.4 Å². The van der Waals surface area contributed by atoms with Crippen LogP contribution in [0.5, 0.6) is 5.75 Å². The molecule has 1 aromatic heterocycles. The first-order valence-corrected chi connectivity index (χ1v) is 8.56. The summed E-state index contributed by atoms with van der Waals surface area (Å²) in [4.78, 5) is 14.2. The SMILES string of the molecule is Cc1c(O)ccc2c(CN(C)C3CCC(CO)CC3)cc(=O)oc12. The van der Waals surface area contributed by atoms with Crippen molar-refractivity contribution in [2.24, 2.45) is 5.92 Å². The van der Waals surface area contributed by atoms with Crippen LogP contribution in [-0.2, 0) is 6.54 Å². The smallest absolute Gasteiger partial charge is 0.336 e. The Kier molecular flexibility index (Phi) is 4.92. The molecule has 2 N–H and O–H groups in total. The molecule has 24 heavy (non-hydrogen) atoms. The molecule has 0 amide bonds. The van der Waals surface area contributed by atoms with Crippen LogP contribution >= 0.6 is 0 Å². The van der Waals surface area contributed by atoms with E-state index < -0.39 is 0 Å². The molecule has 2 aromatic rings. The second kappa shape index (κ2) is 6.95. The summed E-state index contributed by atoms with van der Waals surface area (Å²) in [5.74, 6) is 0.573. The Morgan fingerprint density at radius 1 is 1.25 bits per heavy atom. The Balaban J connectivity index is 1.85. The Morgan fingerprint density at radius 2 is 1.96 bits per heavy atom. The summed E-state index contributed by atoms with van der Waals surface area (Å²) in [5.41, 5.74) is 1.60. The molecule has 5 heteroatoms. The lowest BCUT2D eigenvalue weighted by atomic mass is 9.86. The van der Waals surface area contributed by atoms with E-state index in [1.807, 2.05) is 6.07 Å². The van der Waals surface area contributed by atoms with Crippen LogP contribution in [0, 0.1) is 12.8 Å². The van der Waals surface area contributed by atoms with Gasteiger partial charge in [0.05, 0.1) is 0 Å². The lowest BCUT2D eigenvalue weighted by Crippen LogP contribution is -2.35. The number of phenols is 1. The first kappa shape index (κ1) is 17.0. The predicted octanol–water partition coefficient (Wildman–Crippen LogP) is 2.79. The van der Waals surface area contributed by atoms with Gasteiger partial charge in [-0.1, -0.05) is 0 Å². The summed E-state index contributed by atoms with van der Waals surface area (Å²) >= 11 is 0. The molecule has 0 aliphatic heterocycles. The van der Waals surface area contributed by atoms with Gasteiger partial charge in [0, 0.05) is 36.2 Å². The highest BCUT2D eigenvalue weighted by atomic mass is 16.4. The Bertz CT molecular complexity index is 775. The van der Waals surface area contributed by atoms with Crippen molar-refractivity contribution in [3.05, 3.63) is 39.7 Å². The Hall–Kier alpha value is -1.85. The van der Waals surface area contributed by atoms with Crippen molar-refractivity contribution in [1.29, 1.82) is 0 Å². The maximum Gasteiger partial charge on any atom is 0.336 e. The van der Waals surface area contributed by atoms with Crippen molar-refractivity contribution in [3.63, 3.8) is 0 Å². The van der Waals surface area contributed by atoms with Crippen LogP contribution in [0.4, 0.5) is 0 Å². The van der Waals surface area contributed by atoms with Crippen molar-refractivity contribution >= 4 is 11.0 Å². The molecule has 1 aromatic carbocycles. The molecule has 0 saturated heterocycles. The maximum atomic E-state index is 11.9. The van der Waals surface area contributed by atoms with Crippen LogP contribution < -0.4 is 5.63 Å². The topological polar surface area (TPSA) is 73.9 Å². The highest BCUT2D eigenvalue weighted by Crippen LogP contribution is 2.30. The molecule has 1 heterocycles. The quantitative estimate of drug-likeness (QED) is 0.843. The highest BCUT2D eigenvalue weighted by molar-refractivity contribution is 5.84. The molecule has 0 atom stereocenters. The third-order valence-corrected chi connectivity index (χ3v) is 5.34. The zero-order chi connectivity index (χ0) is 17.3. The first-order valence-electron chi connectivity index (χ1n) is 8.56. The number of fused-ring (bicyclic) bond motifs is 1. The van der Waals surface area contributed by atoms with Crippen molar-refractivity contribution in [1.82, 2.24) is 4.90 Å². The van der Waals surface area contributed by atoms with Gasteiger partial charge in [0.1, 0.15) is 11.3 Å². The average Bonchev–Trinajstić information content (AvgIpc) is 2.58. The number of hydrogen-bond acceptors (Lipinski definition) is 5. The van der Waals surface area contributed by atoms with Crippen LogP contribution in [0.1, 0.15) is 36.8 Å². The van der Waals surface area contributed by atoms with Crippen LogP contribution in [-0.4, -0.2) is 34.8 Å². The lowest BCUT2D eigenvalue weighted by molar-refractivity contribution is 0.124. The predicted molar refractivity (Wildman–Crippen MR) is 93.2 cm³/mol. The molecule has 1 aliphatic rings. The molecule has 0 bridgehead atoms. The average molecular weight is 331 g/mol. The minimum absolute atomic E-state index is 0.137. The Labute approximate surface area is 141 Å². The van der Waals surface area contributed by atoms with Crippen molar-refractivity contribution in [3.8, 4) is 5.75 Å². The number of aryl methyl sites for hydroxylation is 1. The molecule has 5 nitrogen and oxygen atoms in total. The van der Waals surface area contributed by atoms with E-state index >= 15 is 0 Å². The van der Waals surface area contributed by atoms with Gasteiger partial charge in [0.2, 0.25) is 0 Å². The minimum atomic E-state index is -0.386. The van der Waals surface area contributed by atoms with E-state index in [1.165, 1.54) is 0 Å². The van der Waals surface area contributed by atoms with E-state index in [1.54, 1.807) is 19.1 Å². The van der Waals surface area contributed by atoms with Crippen molar-refractivity contribution in [2.45, 2.75) is 45.2 Å². The molecule has 1 saturated carbocycles. The summed E-state index contributed by atoms with van der Waals surface area (Å²) < 4.78 is 5.31. The molecule has 3 rings (SSSR count). The second-order valence-electron chi connectivity index (χ2n) is 6.95. The maximum absolute atomic E-state index is 11.9. The largest absolute Gasteiger partial charge is 0.508 e. The van der Waals surface area contributed by atoms with E-state index in [0.717, 1.165) is 36.6 Å². The summed E-state index contributed by atoms with van der Waals surface area (Å²) in [6, 6.07) is 5.47. The van der Waals surface area contributed by atoms with Gasteiger partial charge in [0.25, 0.3) is 0 Å². The summed E-state index contributed by atoms with van der Waals surface area (Å²) in [5, 5.41) is 20.0. The number of aromatic hydroxyl groups is 1. The Morgan fingerprint density at radius 3 is 2.62 bits per heavy atom. The normalized spacial score (nSPS) is 21.5. The fourth-order valence-corrected chi connectivity index (χ4v) is 3.71. The number of nitrogens with zero attached hydrogens (tertiary/aromatic N) is 1. The fraction of sp³-hybridized carbons (Fsp3) is 0.526. The molecule has 1 aliphatic carbocycles. The number of hydrogen-bond donors (Lipinski definition) is 2. The van der Waals surface area contributed by atoms with Gasteiger partial charge in [-0.25, -0.2) is 4.79 Å². The highest BCUT2D eigenvalue weighted by Gasteiger charge is 2.24. The first-order chi connectivity index (χ1) is 11.5. The molecule has 0 spiro atoms. The number of aliphatic hydroxyl groups is 1. The third kappa shape index (κ3) is 3.32. The summed E-state index contributed by atoms with van der Waals surface area (Å²) in [6.07, 6.45) is 4.24. The fourth-order valence-electron chi connectivity index (χ4n) is 3.71. The third-order valence-electron chi connectivity index (χ3n) is 5.34. The van der Waals surface area contributed by atoms with Crippen LogP contribution in [0.2, 0.25) is 0 Å². The van der Waals surface area contributed by atoms with Gasteiger partial charge in [-0.2, -0.15) is 0 Å². The molecule has 130 valence electrons. The standard InChI is InChI=1S/C19H25NO4/c1-12-17(22)8-7-16-14(9-18(23)24-19(12)16)10-20(2)15-5-3-13(11-21)4-6-15/h7-9,13,15,21-22H,3-6,10-11H2,1-2H3. The van der Waals surface area contributed by atoms with Crippen LogP contribution in [0.3, 0.4) is 0 Å². The van der Waals surface area contributed by atoms with E-state index in [-0.39, 0.29) is 18.0 Å². The van der Waals surface area contributed by atoms with Gasteiger partial charge in [-0.15, -0.1) is 0 Å². The summed E-state index contributed by atoms with van der Waals surface area (Å²) in [7, 11) is 2.08. The van der Waals surface area contributed by atoms with Gasteiger partial charge >= 0.3 is 5.63 Å². The molecule has 1 fully saturated rings. The lowest BCUT2D eigenvalue weighted by Gasteiger charge is -2.34. The number of benzene rings is 1. The monoisotopic (exact) mass is 331 g/mol. The zero-order valence-electron chi connectivity index (χ0n) is 14.3. The van der Waals surface area contributed by atoms with Gasteiger partial charge in [0.15, 0.2) is 0 Å². The van der Waals surface area contributed by atoms with E-state index in [2.05, 4.69) is 11.9 Å². The van der Waals surface area contributed by atoms with Crippen molar-refractivity contribution in [2.75, 3.05) is 13.7 Å². The number of aliphatic hydroxyl groups excluding tert-OH is 1. The number of phenolic OH excluding ortho intramolecular Hbond substituents is 1. The molecular weight excluding hydrogens is 306 g/mol. The van der Waals surface area contributed by atoms with Gasteiger partial charge in [-0.3, -0.25) is 4.90 Å². The molecular formula is C19H25NO4. The van der Waals surface area contributed by atoms with Gasteiger partial charge < -0.3 is 14.6 Å². The minimum Gasteiger partial charge on any atom is -0.508 e. The number of rotatable bonds is 4.